The van der Waals surface area contributed by atoms with E-state index in [1.165, 1.54) is 26.5 Å². The van der Waals surface area contributed by atoms with E-state index in [0.29, 0.717) is 40.4 Å². The summed E-state index contributed by atoms with van der Waals surface area (Å²) in [6.07, 6.45) is 1.33. The van der Waals surface area contributed by atoms with Crippen LogP contribution in [0.1, 0.15) is 5.56 Å². The summed E-state index contributed by atoms with van der Waals surface area (Å²) in [5.41, 5.74) is 1.69. The molecular weight excluding hydrogens is 384 g/mol. The topological polar surface area (TPSA) is 78.1 Å². The van der Waals surface area contributed by atoms with E-state index in [1.54, 1.807) is 24.3 Å². The largest absolute Gasteiger partial charge is 0.507 e. The lowest BCUT2D eigenvalue weighted by molar-refractivity contribution is 0.306. The van der Waals surface area contributed by atoms with E-state index in [1.807, 2.05) is 30.3 Å². The number of phenols is 1. The van der Waals surface area contributed by atoms with Crippen LogP contribution in [0.2, 0.25) is 0 Å². The van der Waals surface area contributed by atoms with E-state index in [4.69, 9.17) is 18.6 Å². The highest BCUT2D eigenvalue weighted by molar-refractivity contribution is 5.84. The fourth-order valence-electron chi connectivity index (χ4n) is 3.21. The monoisotopic (exact) mass is 404 g/mol. The summed E-state index contributed by atoms with van der Waals surface area (Å²) >= 11 is 0. The third-order valence-corrected chi connectivity index (χ3v) is 4.79. The highest BCUT2D eigenvalue weighted by Crippen LogP contribution is 2.39. The Morgan fingerprint density at radius 3 is 2.37 bits per heavy atom. The smallest absolute Gasteiger partial charge is 0.200 e. The number of ether oxygens (including phenoxy) is 3. The molecule has 0 spiro atoms. The molecule has 0 fully saturated rings. The molecule has 30 heavy (non-hydrogen) atoms. The van der Waals surface area contributed by atoms with Crippen molar-refractivity contribution in [3.05, 3.63) is 82.7 Å². The highest BCUT2D eigenvalue weighted by Gasteiger charge is 2.17. The number of methoxy groups -OCH3 is 2. The second-order valence-electron chi connectivity index (χ2n) is 6.64. The fourth-order valence-corrected chi connectivity index (χ4v) is 3.21. The molecule has 1 aromatic heterocycles. The average molecular weight is 404 g/mol. The van der Waals surface area contributed by atoms with Crippen molar-refractivity contribution in [3.63, 3.8) is 0 Å². The van der Waals surface area contributed by atoms with Crippen molar-refractivity contribution in [1.82, 2.24) is 0 Å². The Morgan fingerprint density at radius 1 is 0.900 bits per heavy atom. The number of rotatable bonds is 6. The number of phenolic OH excluding ortho intramolecular Hbond substituents is 1. The zero-order valence-corrected chi connectivity index (χ0v) is 16.5. The Hall–Kier alpha value is -3.93. The molecule has 0 bridgehead atoms. The summed E-state index contributed by atoms with van der Waals surface area (Å²) in [6, 6.07) is 17.8. The maximum atomic E-state index is 13.0. The van der Waals surface area contributed by atoms with E-state index >= 15 is 0 Å². The summed E-state index contributed by atoms with van der Waals surface area (Å²) < 4.78 is 21.9. The van der Waals surface area contributed by atoms with E-state index in [0.717, 1.165) is 5.56 Å². The second-order valence-corrected chi connectivity index (χ2v) is 6.64. The summed E-state index contributed by atoms with van der Waals surface area (Å²) in [7, 11) is 2.96. The number of fused-ring (bicyclic) bond motifs is 1. The first kappa shape index (κ1) is 19.4. The van der Waals surface area contributed by atoms with Crippen LogP contribution in [0.15, 0.2) is 76.1 Å². The van der Waals surface area contributed by atoms with Crippen LogP contribution in [0, 0.1) is 0 Å². The Morgan fingerprint density at radius 2 is 1.63 bits per heavy atom. The first-order valence-electron chi connectivity index (χ1n) is 9.28. The summed E-state index contributed by atoms with van der Waals surface area (Å²) in [5, 5.41) is 10.8. The molecule has 0 aliphatic rings. The van der Waals surface area contributed by atoms with Gasteiger partial charge in [0.05, 0.1) is 25.2 Å². The molecule has 3 aromatic carbocycles. The highest BCUT2D eigenvalue weighted by atomic mass is 16.5. The zero-order valence-electron chi connectivity index (χ0n) is 16.5. The predicted molar refractivity (Wildman–Crippen MR) is 113 cm³/mol. The molecule has 0 saturated carbocycles. The van der Waals surface area contributed by atoms with Crippen LogP contribution < -0.4 is 19.6 Å². The molecule has 152 valence electrons. The molecule has 0 unspecified atom stereocenters. The van der Waals surface area contributed by atoms with E-state index in [9.17, 15) is 9.90 Å². The molecule has 0 aliphatic carbocycles. The van der Waals surface area contributed by atoms with Gasteiger partial charge in [-0.3, -0.25) is 4.79 Å². The average Bonchev–Trinajstić information content (AvgIpc) is 2.78. The van der Waals surface area contributed by atoms with Gasteiger partial charge in [-0.05, 0) is 23.8 Å². The van der Waals surface area contributed by atoms with Crippen LogP contribution in [0.25, 0.3) is 22.1 Å². The maximum absolute atomic E-state index is 13.0. The third-order valence-electron chi connectivity index (χ3n) is 4.79. The van der Waals surface area contributed by atoms with Crippen molar-refractivity contribution >= 4 is 11.0 Å². The Bertz CT molecular complexity index is 1240. The van der Waals surface area contributed by atoms with Crippen LogP contribution in [-0.4, -0.2) is 19.3 Å². The molecule has 0 aliphatic heterocycles. The van der Waals surface area contributed by atoms with E-state index < -0.39 is 0 Å². The quantitative estimate of drug-likeness (QED) is 0.499. The predicted octanol–water partition coefficient (Wildman–Crippen LogP) is 4.76. The molecule has 1 heterocycles. The lowest BCUT2D eigenvalue weighted by atomic mass is 10.0. The number of hydrogen-bond donors (Lipinski definition) is 1. The summed E-state index contributed by atoms with van der Waals surface area (Å²) in [5.74, 6) is 1.25. The molecule has 0 saturated heterocycles. The maximum Gasteiger partial charge on any atom is 0.200 e. The van der Waals surface area contributed by atoms with Gasteiger partial charge in [-0.1, -0.05) is 30.3 Å². The second kappa shape index (κ2) is 8.21. The lowest BCUT2D eigenvalue weighted by Crippen LogP contribution is -2.05. The van der Waals surface area contributed by atoms with Crippen molar-refractivity contribution in [2.45, 2.75) is 6.61 Å². The van der Waals surface area contributed by atoms with Crippen molar-refractivity contribution < 1.29 is 23.7 Å². The Kier molecular flexibility index (Phi) is 5.30. The van der Waals surface area contributed by atoms with Gasteiger partial charge in [0.25, 0.3) is 0 Å². The van der Waals surface area contributed by atoms with Crippen molar-refractivity contribution in [2.24, 2.45) is 0 Å². The molecule has 0 atom stereocenters. The van der Waals surface area contributed by atoms with Gasteiger partial charge in [0.15, 0.2) is 11.5 Å². The third kappa shape index (κ3) is 3.67. The zero-order chi connectivity index (χ0) is 21.1. The van der Waals surface area contributed by atoms with Crippen LogP contribution in [0.5, 0.6) is 23.0 Å². The van der Waals surface area contributed by atoms with Gasteiger partial charge < -0.3 is 23.7 Å². The molecule has 4 aromatic rings. The van der Waals surface area contributed by atoms with Crippen LogP contribution in [-0.2, 0) is 6.61 Å². The standard InChI is InChI=1S/C24H20O6/c1-27-22-11-18(20(25)12-23(22)28-2)19-14-30-21-10-16(8-9-17(21)24(19)26)29-13-15-6-4-3-5-7-15/h3-12,14,25H,13H2,1-2H3. The van der Waals surface area contributed by atoms with Crippen LogP contribution in [0.4, 0.5) is 0 Å². The first-order chi connectivity index (χ1) is 14.6. The Labute approximate surface area is 172 Å². The van der Waals surface area contributed by atoms with Gasteiger partial charge in [0.1, 0.15) is 30.0 Å². The molecule has 0 radical (unpaired) electrons. The molecule has 6 nitrogen and oxygen atoms in total. The molecular formula is C24H20O6. The number of hydrogen-bond acceptors (Lipinski definition) is 6. The van der Waals surface area contributed by atoms with Gasteiger partial charge in [-0.15, -0.1) is 0 Å². The van der Waals surface area contributed by atoms with Gasteiger partial charge >= 0.3 is 0 Å². The van der Waals surface area contributed by atoms with E-state index in [2.05, 4.69) is 0 Å². The van der Waals surface area contributed by atoms with E-state index in [-0.39, 0.29) is 16.7 Å². The fraction of sp³-hybridized carbons (Fsp3) is 0.125. The minimum atomic E-state index is -0.270. The number of aromatic hydroxyl groups is 1. The lowest BCUT2D eigenvalue weighted by Gasteiger charge is -2.12. The Balaban J connectivity index is 1.69. The van der Waals surface area contributed by atoms with Gasteiger partial charge in [0, 0.05) is 17.7 Å². The minimum absolute atomic E-state index is 0.109. The van der Waals surface area contributed by atoms with Gasteiger partial charge in [-0.25, -0.2) is 0 Å². The molecule has 0 amide bonds. The van der Waals surface area contributed by atoms with Crippen LogP contribution >= 0.6 is 0 Å². The summed E-state index contributed by atoms with van der Waals surface area (Å²) in [4.78, 5) is 13.0. The van der Waals surface area contributed by atoms with Gasteiger partial charge in [-0.2, -0.15) is 0 Å². The molecule has 6 heteroatoms. The molecule has 4 rings (SSSR count). The minimum Gasteiger partial charge on any atom is -0.507 e. The normalized spacial score (nSPS) is 10.7. The molecule has 1 N–H and O–H groups in total. The first-order valence-corrected chi connectivity index (χ1v) is 9.28. The van der Waals surface area contributed by atoms with Crippen molar-refractivity contribution in [3.8, 4) is 34.1 Å². The SMILES string of the molecule is COc1cc(O)c(-c2coc3cc(OCc4ccccc4)ccc3c2=O)cc1OC. The summed E-state index contributed by atoms with van der Waals surface area (Å²) in [6.45, 7) is 0.411. The van der Waals surface area contributed by atoms with Crippen LogP contribution in [0.3, 0.4) is 0 Å². The van der Waals surface area contributed by atoms with Crippen molar-refractivity contribution in [2.75, 3.05) is 14.2 Å². The van der Waals surface area contributed by atoms with Gasteiger partial charge in [0.2, 0.25) is 5.43 Å². The number of benzene rings is 3. The van der Waals surface area contributed by atoms with Crippen molar-refractivity contribution in [1.29, 1.82) is 0 Å².